The molecule has 2 saturated heterocycles. The molecule has 0 saturated carbocycles. The molecule has 0 aliphatic carbocycles. The SMILES string of the molecule is CN(CC1CC2CCC(C1)N2)C(=O)C(C)(C)C. The fraction of sp³-hybridized carbons (Fsp3) is 0.929. The van der Waals surface area contributed by atoms with Crippen molar-refractivity contribution in [2.75, 3.05) is 13.6 Å². The summed E-state index contributed by atoms with van der Waals surface area (Å²) >= 11 is 0. The van der Waals surface area contributed by atoms with E-state index >= 15 is 0 Å². The van der Waals surface area contributed by atoms with Crippen molar-refractivity contribution >= 4 is 5.91 Å². The van der Waals surface area contributed by atoms with Crippen LogP contribution < -0.4 is 5.32 Å². The number of nitrogens with zero attached hydrogens (tertiary/aromatic N) is 1. The first kappa shape index (κ1) is 12.9. The van der Waals surface area contributed by atoms with Crippen molar-refractivity contribution < 1.29 is 4.79 Å². The van der Waals surface area contributed by atoms with Crippen molar-refractivity contribution in [3.05, 3.63) is 0 Å². The van der Waals surface area contributed by atoms with E-state index in [0.29, 0.717) is 5.92 Å². The molecule has 1 amide bonds. The zero-order chi connectivity index (χ0) is 12.6. The molecule has 0 aromatic carbocycles. The molecule has 0 radical (unpaired) electrons. The third kappa shape index (κ3) is 3.01. The lowest BCUT2D eigenvalue weighted by atomic mass is 9.90. The minimum absolute atomic E-state index is 0.249. The van der Waals surface area contributed by atoms with Crippen molar-refractivity contribution in [1.29, 1.82) is 0 Å². The zero-order valence-corrected chi connectivity index (χ0v) is 11.6. The van der Waals surface area contributed by atoms with E-state index in [0.717, 1.165) is 18.6 Å². The van der Waals surface area contributed by atoms with Crippen LogP contribution in [0.25, 0.3) is 0 Å². The second-order valence-corrected chi connectivity index (χ2v) is 6.91. The molecular weight excluding hydrogens is 212 g/mol. The lowest BCUT2D eigenvalue weighted by molar-refractivity contribution is -0.138. The van der Waals surface area contributed by atoms with Crippen LogP contribution in [0, 0.1) is 11.3 Å². The maximum Gasteiger partial charge on any atom is 0.227 e. The van der Waals surface area contributed by atoms with Crippen LogP contribution in [0.15, 0.2) is 0 Å². The van der Waals surface area contributed by atoms with Crippen molar-refractivity contribution in [3.8, 4) is 0 Å². The molecule has 1 N–H and O–H groups in total. The van der Waals surface area contributed by atoms with Gasteiger partial charge < -0.3 is 10.2 Å². The first-order valence-corrected chi connectivity index (χ1v) is 6.88. The van der Waals surface area contributed by atoms with E-state index < -0.39 is 0 Å². The molecule has 2 atom stereocenters. The second kappa shape index (κ2) is 4.60. The number of carbonyl (C=O) groups excluding carboxylic acids is 1. The van der Waals surface area contributed by atoms with E-state index in [1.807, 2.05) is 32.7 Å². The first-order valence-electron chi connectivity index (χ1n) is 6.88. The van der Waals surface area contributed by atoms with Crippen LogP contribution in [0.1, 0.15) is 46.5 Å². The van der Waals surface area contributed by atoms with Gasteiger partial charge in [0.1, 0.15) is 0 Å². The molecule has 2 fully saturated rings. The molecule has 2 aliphatic heterocycles. The van der Waals surface area contributed by atoms with Gasteiger partial charge in [0.25, 0.3) is 0 Å². The Morgan fingerprint density at radius 3 is 2.24 bits per heavy atom. The van der Waals surface area contributed by atoms with Crippen molar-refractivity contribution in [2.45, 2.75) is 58.5 Å². The largest absolute Gasteiger partial charge is 0.345 e. The molecule has 98 valence electrons. The summed E-state index contributed by atoms with van der Waals surface area (Å²) in [5, 5.41) is 3.65. The molecule has 2 unspecified atom stereocenters. The summed E-state index contributed by atoms with van der Waals surface area (Å²) in [6, 6.07) is 1.44. The van der Waals surface area contributed by atoms with Gasteiger partial charge >= 0.3 is 0 Å². The lowest BCUT2D eigenvalue weighted by Crippen LogP contribution is -2.44. The van der Waals surface area contributed by atoms with Gasteiger partial charge in [-0.05, 0) is 31.6 Å². The van der Waals surface area contributed by atoms with Crippen LogP contribution >= 0.6 is 0 Å². The van der Waals surface area contributed by atoms with Crippen LogP contribution in [0.4, 0.5) is 0 Å². The Bertz CT molecular complexity index is 283. The van der Waals surface area contributed by atoms with Gasteiger partial charge in [-0.1, -0.05) is 20.8 Å². The van der Waals surface area contributed by atoms with Gasteiger partial charge in [0.05, 0.1) is 0 Å². The summed E-state index contributed by atoms with van der Waals surface area (Å²) in [5.74, 6) is 0.966. The summed E-state index contributed by atoms with van der Waals surface area (Å²) in [7, 11) is 1.96. The van der Waals surface area contributed by atoms with Gasteiger partial charge in [-0.25, -0.2) is 0 Å². The minimum Gasteiger partial charge on any atom is -0.345 e. The molecular formula is C14H26N2O. The lowest BCUT2D eigenvalue weighted by Gasteiger charge is -2.34. The number of nitrogens with one attached hydrogen (secondary N) is 1. The minimum atomic E-state index is -0.249. The maximum absolute atomic E-state index is 12.1. The number of piperidine rings is 1. The molecule has 17 heavy (non-hydrogen) atoms. The molecule has 2 bridgehead atoms. The van der Waals surface area contributed by atoms with Crippen LogP contribution in [0.3, 0.4) is 0 Å². The van der Waals surface area contributed by atoms with Gasteiger partial charge in [-0.15, -0.1) is 0 Å². The Morgan fingerprint density at radius 2 is 1.76 bits per heavy atom. The molecule has 2 heterocycles. The summed E-state index contributed by atoms with van der Waals surface area (Å²) < 4.78 is 0. The van der Waals surface area contributed by atoms with E-state index in [1.165, 1.54) is 25.7 Å². The fourth-order valence-corrected chi connectivity index (χ4v) is 3.37. The topological polar surface area (TPSA) is 32.3 Å². The van der Waals surface area contributed by atoms with Gasteiger partial charge in [0.2, 0.25) is 5.91 Å². The Balaban J connectivity index is 1.87. The Morgan fingerprint density at radius 1 is 1.24 bits per heavy atom. The highest BCUT2D eigenvalue weighted by Crippen LogP contribution is 2.31. The summed E-state index contributed by atoms with van der Waals surface area (Å²) in [6.07, 6.45) is 5.16. The van der Waals surface area contributed by atoms with Gasteiger partial charge in [0, 0.05) is 31.1 Å². The average molecular weight is 238 g/mol. The monoisotopic (exact) mass is 238 g/mol. The normalized spacial score (nSPS) is 32.6. The van der Waals surface area contributed by atoms with Crippen LogP contribution in [-0.4, -0.2) is 36.5 Å². The molecule has 0 aromatic heterocycles. The van der Waals surface area contributed by atoms with Gasteiger partial charge in [0.15, 0.2) is 0 Å². The highest BCUT2D eigenvalue weighted by Gasteiger charge is 2.35. The zero-order valence-electron chi connectivity index (χ0n) is 11.6. The highest BCUT2D eigenvalue weighted by atomic mass is 16.2. The fourth-order valence-electron chi connectivity index (χ4n) is 3.37. The predicted molar refractivity (Wildman–Crippen MR) is 69.8 cm³/mol. The molecule has 2 rings (SSSR count). The Labute approximate surface area is 105 Å². The highest BCUT2D eigenvalue weighted by molar-refractivity contribution is 5.81. The summed E-state index contributed by atoms with van der Waals surface area (Å²) in [4.78, 5) is 14.1. The number of carbonyl (C=O) groups is 1. The van der Waals surface area contributed by atoms with Crippen LogP contribution in [-0.2, 0) is 4.79 Å². The molecule has 0 aromatic rings. The quantitative estimate of drug-likeness (QED) is 0.798. The number of hydrogen-bond acceptors (Lipinski definition) is 2. The van der Waals surface area contributed by atoms with E-state index in [2.05, 4.69) is 5.32 Å². The molecule has 3 nitrogen and oxygen atoms in total. The average Bonchev–Trinajstić information content (AvgIpc) is 2.55. The number of hydrogen-bond donors (Lipinski definition) is 1. The predicted octanol–water partition coefficient (Wildman–Crippen LogP) is 2.02. The van der Waals surface area contributed by atoms with Crippen LogP contribution in [0.2, 0.25) is 0 Å². The Hall–Kier alpha value is -0.570. The van der Waals surface area contributed by atoms with Gasteiger partial charge in [-0.2, -0.15) is 0 Å². The van der Waals surface area contributed by atoms with Gasteiger partial charge in [-0.3, -0.25) is 4.79 Å². The van der Waals surface area contributed by atoms with Crippen molar-refractivity contribution in [3.63, 3.8) is 0 Å². The third-order valence-electron chi connectivity index (χ3n) is 4.09. The van der Waals surface area contributed by atoms with Crippen molar-refractivity contribution in [2.24, 2.45) is 11.3 Å². The number of rotatable bonds is 2. The van der Waals surface area contributed by atoms with E-state index in [-0.39, 0.29) is 11.3 Å². The van der Waals surface area contributed by atoms with Crippen LogP contribution in [0.5, 0.6) is 0 Å². The number of amides is 1. The smallest absolute Gasteiger partial charge is 0.227 e. The molecule has 0 spiro atoms. The Kier molecular flexibility index (Phi) is 3.48. The molecule has 3 heteroatoms. The summed E-state index contributed by atoms with van der Waals surface area (Å²) in [5.41, 5.74) is -0.249. The number of fused-ring (bicyclic) bond motifs is 2. The molecule has 2 aliphatic rings. The van der Waals surface area contributed by atoms with E-state index in [9.17, 15) is 4.79 Å². The maximum atomic E-state index is 12.1. The summed E-state index contributed by atoms with van der Waals surface area (Å²) in [6.45, 7) is 6.93. The van der Waals surface area contributed by atoms with E-state index in [4.69, 9.17) is 0 Å². The second-order valence-electron chi connectivity index (χ2n) is 6.91. The first-order chi connectivity index (χ1) is 7.86. The standard InChI is InChI=1S/C14H26N2O/c1-14(2,3)13(17)16(4)9-10-7-11-5-6-12(8-10)15-11/h10-12,15H,5-9H2,1-4H3. The van der Waals surface area contributed by atoms with E-state index in [1.54, 1.807) is 0 Å². The third-order valence-corrected chi connectivity index (χ3v) is 4.09. The van der Waals surface area contributed by atoms with Crippen molar-refractivity contribution in [1.82, 2.24) is 10.2 Å².